The molecule has 0 aromatic heterocycles. The first-order chi connectivity index (χ1) is 6.13. The standard InChI is InChI=1S/C9H20N2O2/c1-4-10-7-8(2)9(13)11(3)5-6-12/h8,10,12H,4-7H2,1-3H3. The van der Waals surface area contributed by atoms with Crippen LogP contribution in [0.5, 0.6) is 0 Å². The van der Waals surface area contributed by atoms with Gasteiger partial charge in [-0.05, 0) is 6.54 Å². The lowest BCUT2D eigenvalue weighted by molar-refractivity contribution is -0.133. The minimum Gasteiger partial charge on any atom is -0.395 e. The van der Waals surface area contributed by atoms with Crippen molar-refractivity contribution in [1.82, 2.24) is 10.2 Å². The molecule has 2 N–H and O–H groups in total. The predicted molar refractivity (Wildman–Crippen MR) is 52.4 cm³/mol. The van der Waals surface area contributed by atoms with Crippen LogP contribution in [-0.2, 0) is 4.79 Å². The molecule has 0 heterocycles. The minimum atomic E-state index is -0.0171. The maximum atomic E-state index is 11.5. The number of carbonyl (C=O) groups excluding carboxylic acids is 1. The van der Waals surface area contributed by atoms with Gasteiger partial charge in [0.15, 0.2) is 0 Å². The van der Waals surface area contributed by atoms with E-state index in [0.717, 1.165) is 6.54 Å². The fourth-order valence-corrected chi connectivity index (χ4v) is 1.08. The first kappa shape index (κ1) is 12.4. The van der Waals surface area contributed by atoms with Crippen LogP contribution >= 0.6 is 0 Å². The van der Waals surface area contributed by atoms with E-state index >= 15 is 0 Å². The highest BCUT2D eigenvalue weighted by Crippen LogP contribution is 1.98. The van der Waals surface area contributed by atoms with Crippen molar-refractivity contribution in [1.29, 1.82) is 0 Å². The summed E-state index contributed by atoms with van der Waals surface area (Å²) in [5.74, 6) is 0.0616. The highest BCUT2D eigenvalue weighted by Gasteiger charge is 2.15. The van der Waals surface area contributed by atoms with E-state index in [1.54, 1.807) is 11.9 Å². The molecule has 0 spiro atoms. The van der Waals surface area contributed by atoms with Crippen LogP contribution in [-0.4, -0.2) is 49.2 Å². The van der Waals surface area contributed by atoms with Gasteiger partial charge in [-0.2, -0.15) is 0 Å². The number of rotatable bonds is 6. The lowest BCUT2D eigenvalue weighted by atomic mass is 10.1. The molecule has 0 rings (SSSR count). The van der Waals surface area contributed by atoms with Crippen LogP contribution in [0.1, 0.15) is 13.8 Å². The summed E-state index contributed by atoms with van der Waals surface area (Å²) in [6, 6.07) is 0. The summed E-state index contributed by atoms with van der Waals surface area (Å²) in [4.78, 5) is 13.1. The van der Waals surface area contributed by atoms with Gasteiger partial charge in [-0.3, -0.25) is 4.79 Å². The zero-order chi connectivity index (χ0) is 10.3. The smallest absolute Gasteiger partial charge is 0.226 e. The second-order valence-electron chi connectivity index (χ2n) is 3.19. The van der Waals surface area contributed by atoms with E-state index in [2.05, 4.69) is 5.32 Å². The van der Waals surface area contributed by atoms with Crippen molar-refractivity contribution in [2.75, 3.05) is 33.3 Å². The number of nitrogens with one attached hydrogen (secondary N) is 1. The van der Waals surface area contributed by atoms with Gasteiger partial charge in [-0.1, -0.05) is 13.8 Å². The summed E-state index contributed by atoms with van der Waals surface area (Å²) in [6.45, 7) is 5.91. The van der Waals surface area contributed by atoms with E-state index in [9.17, 15) is 4.79 Å². The summed E-state index contributed by atoms with van der Waals surface area (Å²) in [6.07, 6.45) is 0. The van der Waals surface area contributed by atoms with E-state index in [0.29, 0.717) is 13.1 Å². The molecule has 0 fully saturated rings. The Labute approximate surface area is 79.9 Å². The zero-order valence-corrected chi connectivity index (χ0v) is 8.71. The maximum Gasteiger partial charge on any atom is 0.226 e. The predicted octanol–water partition coefficient (Wildman–Crippen LogP) is -0.317. The van der Waals surface area contributed by atoms with Crippen molar-refractivity contribution in [2.24, 2.45) is 5.92 Å². The largest absolute Gasteiger partial charge is 0.395 e. The lowest BCUT2D eigenvalue weighted by Gasteiger charge is -2.20. The third-order valence-electron chi connectivity index (χ3n) is 1.93. The van der Waals surface area contributed by atoms with Gasteiger partial charge in [0.2, 0.25) is 5.91 Å². The molecule has 1 atom stereocenters. The molecule has 0 saturated carbocycles. The Hall–Kier alpha value is -0.610. The number of carbonyl (C=O) groups is 1. The van der Waals surface area contributed by atoms with Crippen LogP contribution in [0.3, 0.4) is 0 Å². The second-order valence-corrected chi connectivity index (χ2v) is 3.19. The monoisotopic (exact) mass is 188 g/mol. The van der Waals surface area contributed by atoms with E-state index < -0.39 is 0 Å². The highest BCUT2D eigenvalue weighted by molar-refractivity contribution is 5.78. The van der Waals surface area contributed by atoms with E-state index in [4.69, 9.17) is 5.11 Å². The Balaban J connectivity index is 3.79. The summed E-state index contributed by atoms with van der Waals surface area (Å²) < 4.78 is 0. The maximum absolute atomic E-state index is 11.5. The number of hydrogen-bond acceptors (Lipinski definition) is 3. The van der Waals surface area contributed by atoms with Crippen LogP contribution in [0.25, 0.3) is 0 Å². The van der Waals surface area contributed by atoms with Crippen molar-refractivity contribution in [2.45, 2.75) is 13.8 Å². The summed E-state index contributed by atoms with van der Waals surface area (Å²) >= 11 is 0. The molecule has 78 valence electrons. The van der Waals surface area contributed by atoms with E-state index in [-0.39, 0.29) is 18.4 Å². The quantitative estimate of drug-likeness (QED) is 0.601. The Morgan fingerprint density at radius 3 is 2.69 bits per heavy atom. The van der Waals surface area contributed by atoms with Crippen molar-refractivity contribution >= 4 is 5.91 Å². The molecule has 0 saturated heterocycles. The first-order valence-electron chi connectivity index (χ1n) is 4.70. The fourth-order valence-electron chi connectivity index (χ4n) is 1.08. The van der Waals surface area contributed by atoms with Gasteiger partial charge in [0.25, 0.3) is 0 Å². The molecule has 0 aliphatic rings. The van der Waals surface area contributed by atoms with Crippen LogP contribution < -0.4 is 5.32 Å². The zero-order valence-electron chi connectivity index (χ0n) is 8.71. The molecule has 0 aliphatic heterocycles. The molecular weight excluding hydrogens is 168 g/mol. The van der Waals surface area contributed by atoms with Crippen LogP contribution in [0, 0.1) is 5.92 Å². The normalized spacial score (nSPS) is 12.6. The number of aliphatic hydroxyl groups is 1. The Kier molecular flexibility index (Phi) is 6.54. The lowest BCUT2D eigenvalue weighted by Crippen LogP contribution is -2.38. The fraction of sp³-hybridized carbons (Fsp3) is 0.889. The van der Waals surface area contributed by atoms with Crippen LogP contribution in [0.2, 0.25) is 0 Å². The molecule has 0 aliphatic carbocycles. The van der Waals surface area contributed by atoms with Crippen molar-refractivity contribution in [3.63, 3.8) is 0 Å². The summed E-state index contributed by atoms with van der Waals surface area (Å²) in [5.41, 5.74) is 0. The molecule has 13 heavy (non-hydrogen) atoms. The summed E-state index contributed by atoms with van der Waals surface area (Å²) in [5, 5.41) is 11.7. The van der Waals surface area contributed by atoms with E-state index in [1.807, 2.05) is 13.8 Å². The molecule has 1 amide bonds. The molecule has 0 aromatic carbocycles. The molecule has 0 radical (unpaired) electrons. The average molecular weight is 188 g/mol. The van der Waals surface area contributed by atoms with Crippen LogP contribution in [0.15, 0.2) is 0 Å². The Morgan fingerprint density at radius 2 is 2.23 bits per heavy atom. The van der Waals surface area contributed by atoms with Gasteiger partial charge in [0.05, 0.1) is 6.61 Å². The Morgan fingerprint density at radius 1 is 1.62 bits per heavy atom. The molecule has 4 nitrogen and oxygen atoms in total. The van der Waals surface area contributed by atoms with Gasteiger partial charge in [-0.25, -0.2) is 0 Å². The molecule has 0 aromatic rings. The van der Waals surface area contributed by atoms with Gasteiger partial charge in [-0.15, -0.1) is 0 Å². The highest BCUT2D eigenvalue weighted by atomic mass is 16.3. The number of aliphatic hydroxyl groups excluding tert-OH is 1. The molecule has 1 unspecified atom stereocenters. The second kappa shape index (κ2) is 6.86. The van der Waals surface area contributed by atoms with Crippen molar-refractivity contribution in [3.8, 4) is 0 Å². The van der Waals surface area contributed by atoms with Crippen molar-refractivity contribution < 1.29 is 9.90 Å². The van der Waals surface area contributed by atoms with Gasteiger partial charge < -0.3 is 15.3 Å². The molecule has 4 heteroatoms. The molecule has 0 bridgehead atoms. The minimum absolute atomic E-state index is 0.0171. The number of likely N-dealkylation sites (N-methyl/N-ethyl adjacent to an activating group) is 1. The van der Waals surface area contributed by atoms with Gasteiger partial charge in [0, 0.05) is 26.1 Å². The SMILES string of the molecule is CCNCC(C)C(=O)N(C)CCO. The molecular formula is C9H20N2O2. The van der Waals surface area contributed by atoms with Crippen LogP contribution in [0.4, 0.5) is 0 Å². The third-order valence-corrected chi connectivity index (χ3v) is 1.93. The summed E-state index contributed by atoms with van der Waals surface area (Å²) in [7, 11) is 1.71. The number of hydrogen-bond donors (Lipinski definition) is 2. The Bertz CT molecular complexity index is 151. The number of nitrogens with zero attached hydrogens (tertiary/aromatic N) is 1. The van der Waals surface area contributed by atoms with Crippen molar-refractivity contribution in [3.05, 3.63) is 0 Å². The average Bonchev–Trinajstić information content (AvgIpc) is 2.13. The van der Waals surface area contributed by atoms with Gasteiger partial charge >= 0.3 is 0 Å². The topological polar surface area (TPSA) is 52.6 Å². The third kappa shape index (κ3) is 4.85. The van der Waals surface area contributed by atoms with E-state index in [1.165, 1.54) is 0 Å². The number of amides is 1. The van der Waals surface area contributed by atoms with Gasteiger partial charge in [0.1, 0.15) is 0 Å². The first-order valence-corrected chi connectivity index (χ1v) is 4.70.